The van der Waals surface area contributed by atoms with Crippen molar-refractivity contribution >= 4 is 16.1 Å². The van der Waals surface area contributed by atoms with Crippen molar-refractivity contribution in [3.05, 3.63) is 65.7 Å². The van der Waals surface area contributed by atoms with E-state index in [0.29, 0.717) is 5.56 Å². The van der Waals surface area contributed by atoms with Crippen LogP contribution in [-0.4, -0.2) is 32.8 Å². The van der Waals surface area contributed by atoms with Crippen LogP contribution in [-0.2, 0) is 16.6 Å². The number of amides is 2. The number of hydrogen-bond acceptors (Lipinski definition) is 3. The molecule has 6 nitrogen and oxygen atoms in total. The van der Waals surface area contributed by atoms with E-state index in [-0.39, 0.29) is 23.5 Å². The lowest BCUT2D eigenvalue weighted by atomic mass is 10.1. The summed E-state index contributed by atoms with van der Waals surface area (Å²) in [5.74, 6) is 0. The van der Waals surface area contributed by atoms with Gasteiger partial charge in [0, 0.05) is 20.6 Å². The molecule has 0 spiro atoms. The molecule has 2 aromatic carbocycles. The van der Waals surface area contributed by atoms with E-state index in [1.807, 2.05) is 37.3 Å². The molecule has 7 heteroatoms. The zero-order valence-electron chi connectivity index (χ0n) is 14.6. The lowest BCUT2D eigenvalue weighted by molar-refractivity contribution is 0.237. The molecule has 134 valence electrons. The smallest absolute Gasteiger partial charge is 0.315 e. The van der Waals surface area contributed by atoms with Crippen molar-refractivity contribution in [2.24, 2.45) is 0 Å². The van der Waals surface area contributed by atoms with Gasteiger partial charge in [0.15, 0.2) is 0 Å². The standard InChI is InChI=1S/C18H23N3O3S/c1-14(15-9-5-4-6-10-15)20-18(22)19-13-16-11-7-8-12-17(16)25(23,24)21(2)3/h4-12,14H,13H2,1-3H3,(H2,19,20,22)/t14-/m1/s1. The zero-order chi connectivity index (χ0) is 18.4. The molecule has 2 aromatic rings. The summed E-state index contributed by atoms with van der Waals surface area (Å²) in [5.41, 5.74) is 1.53. The zero-order valence-corrected chi connectivity index (χ0v) is 15.4. The molecule has 25 heavy (non-hydrogen) atoms. The van der Waals surface area contributed by atoms with Crippen LogP contribution in [0.4, 0.5) is 4.79 Å². The highest BCUT2D eigenvalue weighted by Gasteiger charge is 2.20. The van der Waals surface area contributed by atoms with E-state index in [1.54, 1.807) is 18.2 Å². The van der Waals surface area contributed by atoms with E-state index >= 15 is 0 Å². The van der Waals surface area contributed by atoms with Crippen LogP contribution in [0.3, 0.4) is 0 Å². The van der Waals surface area contributed by atoms with Gasteiger partial charge in [-0.05, 0) is 24.1 Å². The van der Waals surface area contributed by atoms with E-state index in [9.17, 15) is 13.2 Å². The number of nitrogens with one attached hydrogen (secondary N) is 2. The van der Waals surface area contributed by atoms with E-state index in [0.717, 1.165) is 9.87 Å². The molecule has 2 rings (SSSR count). The van der Waals surface area contributed by atoms with Crippen molar-refractivity contribution in [1.29, 1.82) is 0 Å². The van der Waals surface area contributed by atoms with E-state index in [2.05, 4.69) is 10.6 Å². The topological polar surface area (TPSA) is 78.5 Å². The largest absolute Gasteiger partial charge is 0.334 e. The van der Waals surface area contributed by atoms with Gasteiger partial charge in [-0.1, -0.05) is 48.5 Å². The van der Waals surface area contributed by atoms with Gasteiger partial charge in [-0.3, -0.25) is 0 Å². The first-order chi connectivity index (χ1) is 11.8. The molecule has 0 saturated carbocycles. The van der Waals surface area contributed by atoms with Crippen molar-refractivity contribution in [3.8, 4) is 0 Å². The number of rotatable bonds is 6. The van der Waals surface area contributed by atoms with Gasteiger partial charge in [-0.15, -0.1) is 0 Å². The molecule has 2 N–H and O–H groups in total. The molecule has 0 aromatic heterocycles. The highest BCUT2D eigenvalue weighted by Crippen LogP contribution is 2.18. The highest BCUT2D eigenvalue weighted by atomic mass is 32.2. The van der Waals surface area contributed by atoms with Crippen LogP contribution >= 0.6 is 0 Å². The van der Waals surface area contributed by atoms with Crippen LogP contribution in [0, 0.1) is 0 Å². The lowest BCUT2D eigenvalue weighted by Crippen LogP contribution is -2.37. The Labute approximate surface area is 148 Å². The van der Waals surface area contributed by atoms with E-state index < -0.39 is 10.0 Å². The average Bonchev–Trinajstić information content (AvgIpc) is 2.60. The minimum absolute atomic E-state index is 0.122. The molecule has 0 radical (unpaired) electrons. The second kappa shape index (κ2) is 8.13. The Balaban J connectivity index is 2.03. The van der Waals surface area contributed by atoms with Crippen molar-refractivity contribution in [3.63, 3.8) is 0 Å². The van der Waals surface area contributed by atoms with Crippen molar-refractivity contribution < 1.29 is 13.2 Å². The molecule has 0 aliphatic rings. The summed E-state index contributed by atoms with van der Waals surface area (Å²) >= 11 is 0. The number of carbonyl (C=O) groups excluding carboxylic acids is 1. The predicted octanol–water partition coefficient (Wildman–Crippen LogP) is 2.50. The van der Waals surface area contributed by atoms with Crippen LogP contribution < -0.4 is 10.6 Å². The Hall–Kier alpha value is -2.38. The number of nitrogens with zero attached hydrogens (tertiary/aromatic N) is 1. The van der Waals surface area contributed by atoms with Gasteiger partial charge in [-0.2, -0.15) is 0 Å². The normalized spacial score (nSPS) is 12.6. The summed E-state index contributed by atoms with van der Waals surface area (Å²) in [6.07, 6.45) is 0. The van der Waals surface area contributed by atoms with Crippen molar-refractivity contribution in [1.82, 2.24) is 14.9 Å². The Kier molecular flexibility index (Phi) is 6.17. The van der Waals surface area contributed by atoms with Gasteiger partial charge < -0.3 is 10.6 Å². The SMILES string of the molecule is C[C@@H](NC(=O)NCc1ccccc1S(=O)(=O)N(C)C)c1ccccc1. The summed E-state index contributed by atoms with van der Waals surface area (Å²) in [4.78, 5) is 12.3. The maximum absolute atomic E-state index is 12.4. The molecule has 0 fully saturated rings. The van der Waals surface area contributed by atoms with Gasteiger partial charge in [0.2, 0.25) is 10.0 Å². The Morgan fingerprint density at radius 1 is 1.04 bits per heavy atom. The Morgan fingerprint density at radius 2 is 1.64 bits per heavy atom. The molecule has 0 aliphatic heterocycles. The number of hydrogen-bond donors (Lipinski definition) is 2. The molecule has 2 amide bonds. The van der Waals surface area contributed by atoms with Crippen LogP contribution in [0.5, 0.6) is 0 Å². The number of sulfonamides is 1. The molecule has 0 aliphatic carbocycles. The fourth-order valence-electron chi connectivity index (χ4n) is 2.35. The van der Waals surface area contributed by atoms with Gasteiger partial charge in [0.25, 0.3) is 0 Å². The first-order valence-corrected chi connectivity index (χ1v) is 9.36. The molecule has 0 unspecified atom stereocenters. The Morgan fingerprint density at radius 3 is 2.28 bits per heavy atom. The van der Waals surface area contributed by atoms with Gasteiger partial charge in [-0.25, -0.2) is 17.5 Å². The molecule has 1 atom stereocenters. The van der Waals surface area contributed by atoms with E-state index in [4.69, 9.17) is 0 Å². The third kappa shape index (κ3) is 4.80. The quantitative estimate of drug-likeness (QED) is 0.830. The van der Waals surface area contributed by atoms with Crippen LogP contribution in [0.2, 0.25) is 0 Å². The summed E-state index contributed by atoms with van der Waals surface area (Å²) in [5, 5.41) is 5.56. The molecule has 0 heterocycles. The Bertz CT molecular complexity index is 820. The second-order valence-corrected chi connectivity index (χ2v) is 7.97. The predicted molar refractivity (Wildman–Crippen MR) is 97.5 cm³/mol. The van der Waals surface area contributed by atoms with Crippen LogP contribution in [0.15, 0.2) is 59.5 Å². The van der Waals surface area contributed by atoms with Gasteiger partial charge in [0.05, 0.1) is 10.9 Å². The third-order valence-corrected chi connectivity index (χ3v) is 5.73. The molecular weight excluding hydrogens is 338 g/mol. The number of carbonyl (C=O) groups is 1. The van der Waals surface area contributed by atoms with Crippen LogP contribution in [0.25, 0.3) is 0 Å². The summed E-state index contributed by atoms with van der Waals surface area (Å²) in [6.45, 7) is 2.01. The van der Waals surface area contributed by atoms with Gasteiger partial charge in [0.1, 0.15) is 0 Å². The second-order valence-electron chi connectivity index (χ2n) is 5.85. The summed E-state index contributed by atoms with van der Waals surface area (Å²) in [7, 11) is -0.600. The number of benzene rings is 2. The first-order valence-electron chi connectivity index (χ1n) is 7.92. The molecule has 0 bridgehead atoms. The molecular formula is C18H23N3O3S. The highest BCUT2D eigenvalue weighted by molar-refractivity contribution is 7.89. The maximum atomic E-state index is 12.4. The van der Waals surface area contributed by atoms with E-state index in [1.165, 1.54) is 20.2 Å². The monoisotopic (exact) mass is 361 g/mol. The lowest BCUT2D eigenvalue weighted by Gasteiger charge is -2.17. The third-order valence-electron chi connectivity index (χ3n) is 3.82. The maximum Gasteiger partial charge on any atom is 0.315 e. The van der Waals surface area contributed by atoms with Crippen molar-refractivity contribution in [2.75, 3.05) is 14.1 Å². The first kappa shape index (κ1) is 19.0. The summed E-state index contributed by atoms with van der Waals surface area (Å²) in [6, 6.07) is 15.7. The fourth-order valence-corrected chi connectivity index (χ4v) is 3.46. The minimum Gasteiger partial charge on any atom is -0.334 e. The number of urea groups is 1. The minimum atomic E-state index is -3.56. The van der Waals surface area contributed by atoms with Gasteiger partial charge >= 0.3 is 6.03 Å². The van der Waals surface area contributed by atoms with Crippen molar-refractivity contribution in [2.45, 2.75) is 24.4 Å². The fraction of sp³-hybridized carbons (Fsp3) is 0.278. The molecule has 0 saturated heterocycles. The van der Waals surface area contributed by atoms with Crippen LogP contribution in [0.1, 0.15) is 24.1 Å². The summed E-state index contributed by atoms with van der Waals surface area (Å²) < 4.78 is 25.9. The average molecular weight is 361 g/mol.